The van der Waals surface area contributed by atoms with E-state index in [0.717, 1.165) is 5.56 Å². The van der Waals surface area contributed by atoms with Crippen LogP contribution in [0.3, 0.4) is 0 Å². The van der Waals surface area contributed by atoms with Gasteiger partial charge in [0.15, 0.2) is 0 Å². The Morgan fingerprint density at radius 1 is 1.11 bits per heavy atom. The van der Waals surface area contributed by atoms with Gasteiger partial charge in [0, 0.05) is 16.3 Å². The molecule has 0 radical (unpaired) electrons. The molecule has 3 nitrogen and oxygen atoms in total. The number of halogens is 1. The third-order valence-corrected chi connectivity index (χ3v) is 3.06. The quantitative estimate of drug-likeness (QED) is 0.826. The van der Waals surface area contributed by atoms with Gasteiger partial charge < -0.3 is 15.6 Å². The van der Waals surface area contributed by atoms with Crippen molar-refractivity contribution in [2.24, 2.45) is 0 Å². The van der Waals surface area contributed by atoms with Gasteiger partial charge in [-0.25, -0.2) is 0 Å². The maximum absolute atomic E-state index is 10.00. The molecule has 2 aromatic rings. The summed E-state index contributed by atoms with van der Waals surface area (Å²) in [7, 11) is 0. The second kappa shape index (κ2) is 6.57. The lowest BCUT2D eigenvalue weighted by Gasteiger charge is -2.13. The number of nitrogens with two attached hydrogens (primary N) is 1. The summed E-state index contributed by atoms with van der Waals surface area (Å²) in [5, 5.41) is 10.7. The van der Waals surface area contributed by atoms with Gasteiger partial charge in [-0.3, -0.25) is 0 Å². The first-order chi connectivity index (χ1) is 9.16. The average molecular weight is 278 g/mol. The summed E-state index contributed by atoms with van der Waals surface area (Å²) in [5.74, 6) is 0. The highest BCUT2D eigenvalue weighted by molar-refractivity contribution is 6.30. The van der Waals surface area contributed by atoms with E-state index in [1.807, 2.05) is 36.4 Å². The second-order valence-corrected chi connectivity index (χ2v) is 4.72. The summed E-state index contributed by atoms with van der Waals surface area (Å²) in [6.45, 7) is 0.637. The van der Waals surface area contributed by atoms with E-state index in [0.29, 0.717) is 22.9 Å². The molecule has 0 aromatic heterocycles. The van der Waals surface area contributed by atoms with Crippen molar-refractivity contribution < 1.29 is 9.84 Å². The molecule has 2 rings (SSSR count). The van der Waals surface area contributed by atoms with Gasteiger partial charge in [0.1, 0.15) is 6.10 Å². The Bertz CT molecular complexity index is 528. The molecule has 0 aliphatic rings. The minimum atomic E-state index is -0.714. The third kappa shape index (κ3) is 3.96. The lowest BCUT2D eigenvalue weighted by Crippen LogP contribution is -2.09. The minimum absolute atomic E-state index is 0.205. The Labute approximate surface area is 117 Å². The number of aliphatic hydroxyl groups is 1. The summed E-state index contributed by atoms with van der Waals surface area (Å²) >= 11 is 5.80. The molecule has 3 N–H and O–H groups in total. The van der Waals surface area contributed by atoms with Crippen molar-refractivity contribution in [2.75, 3.05) is 12.3 Å². The smallest absolute Gasteiger partial charge is 0.104 e. The van der Waals surface area contributed by atoms with Crippen LogP contribution in [0.1, 0.15) is 17.2 Å². The zero-order chi connectivity index (χ0) is 13.7. The number of aliphatic hydroxyl groups excluding tert-OH is 1. The largest absolute Gasteiger partial charge is 0.398 e. The number of hydrogen-bond donors (Lipinski definition) is 2. The maximum Gasteiger partial charge on any atom is 0.104 e. The third-order valence-electron chi connectivity index (χ3n) is 2.81. The molecule has 0 amide bonds. The van der Waals surface area contributed by atoms with Crippen LogP contribution in [0.15, 0.2) is 48.5 Å². The molecule has 100 valence electrons. The van der Waals surface area contributed by atoms with Crippen LogP contribution in [0.5, 0.6) is 0 Å². The van der Waals surface area contributed by atoms with Crippen LogP contribution in [0.25, 0.3) is 0 Å². The normalized spacial score (nSPS) is 12.3. The zero-order valence-electron chi connectivity index (χ0n) is 10.4. The van der Waals surface area contributed by atoms with Crippen LogP contribution in [0.2, 0.25) is 5.02 Å². The van der Waals surface area contributed by atoms with Crippen molar-refractivity contribution >= 4 is 17.3 Å². The van der Waals surface area contributed by atoms with Gasteiger partial charge >= 0.3 is 0 Å². The van der Waals surface area contributed by atoms with E-state index in [9.17, 15) is 5.11 Å². The molecule has 19 heavy (non-hydrogen) atoms. The monoisotopic (exact) mass is 277 g/mol. The van der Waals surface area contributed by atoms with Gasteiger partial charge in [0.2, 0.25) is 0 Å². The molecule has 0 fully saturated rings. The number of anilines is 1. The number of benzene rings is 2. The fourth-order valence-corrected chi connectivity index (χ4v) is 1.90. The Morgan fingerprint density at radius 2 is 1.79 bits per heavy atom. The van der Waals surface area contributed by atoms with Crippen molar-refractivity contribution in [1.82, 2.24) is 0 Å². The molecule has 0 saturated carbocycles. The summed E-state index contributed by atoms with van der Waals surface area (Å²) in [6.07, 6.45) is -0.714. The first-order valence-electron chi connectivity index (χ1n) is 6.01. The van der Waals surface area contributed by atoms with Crippen molar-refractivity contribution in [3.05, 3.63) is 64.7 Å². The van der Waals surface area contributed by atoms with Crippen molar-refractivity contribution in [3.63, 3.8) is 0 Å². The molecule has 0 aliphatic carbocycles. The molecule has 1 unspecified atom stereocenters. The second-order valence-electron chi connectivity index (χ2n) is 4.29. The first kappa shape index (κ1) is 13.9. The predicted molar refractivity (Wildman–Crippen MR) is 76.9 cm³/mol. The van der Waals surface area contributed by atoms with E-state index in [1.54, 1.807) is 12.1 Å². The number of rotatable bonds is 5. The van der Waals surface area contributed by atoms with Crippen LogP contribution in [0, 0.1) is 0 Å². The lowest BCUT2D eigenvalue weighted by atomic mass is 10.1. The molecular weight excluding hydrogens is 262 g/mol. The van der Waals surface area contributed by atoms with Crippen LogP contribution >= 0.6 is 11.6 Å². The molecular formula is C15H16ClNO2. The Hall–Kier alpha value is -1.55. The van der Waals surface area contributed by atoms with Crippen molar-refractivity contribution in [3.8, 4) is 0 Å². The lowest BCUT2D eigenvalue weighted by molar-refractivity contribution is 0.0280. The van der Waals surface area contributed by atoms with Gasteiger partial charge in [-0.05, 0) is 23.8 Å². The van der Waals surface area contributed by atoms with Gasteiger partial charge in [-0.15, -0.1) is 0 Å². The number of hydrogen-bond acceptors (Lipinski definition) is 3. The number of ether oxygens (including phenoxy) is 1. The zero-order valence-corrected chi connectivity index (χ0v) is 11.2. The number of para-hydroxylation sites is 1. The van der Waals surface area contributed by atoms with Gasteiger partial charge in [0.05, 0.1) is 13.2 Å². The van der Waals surface area contributed by atoms with Crippen LogP contribution in [0.4, 0.5) is 5.69 Å². The Balaban J connectivity index is 1.86. The average Bonchev–Trinajstić information content (AvgIpc) is 2.41. The van der Waals surface area contributed by atoms with Crippen LogP contribution in [-0.2, 0) is 11.3 Å². The molecule has 0 bridgehead atoms. The highest BCUT2D eigenvalue weighted by atomic mass is 35.5. The molecule has 0 heterocycles. The predicted octanol–water partition coefficient (Wildman–Crippen LogP) is 3.17. The molecule has 1 atom stereocenters. The van der Waals surface area contributed by atoms with E-state index in [4.69, 9.17) is 22.1 Å². The van der Waals surface area contributed by atoms with E-state index >= 15 is 0 Å². The van der Waals surface area contributed by atoms with E-state index in [-0.39, 0.29) is 6.61 Å². The summed E-state index contributed by atoms with van der Waals surface area (Å²) in [6, 6.07) is 14.6. The molecule has 4 heteroatoms. The maximum atomic E-state index is 10.00. The highest BCUT2D eigenvalue weighted by Crippen LogP contribution is 2.20. The Morgan fingerprint density at radius 3 is 2.47 bits per heavy atom. The highest BCUT2D eigenvalue weighted by Gasteiger charge is 2.10. The fraction of sp³-hybridized carbons (Fsp3) is 0.200. The molecule has 0 saturated heterocycles. The van der Waals surface area contributed by atoms with Crippen molar-refractivity contribution in [1.29, 1.82) is 0 Å². The molecule has 0 spiro atoms. The summed E-state index contributed by atoms with van der Waals surface area (Å²) < 4.78 is 5.48. The first-order valence-corrected chi connectivity index (χ1v) is 6.39. The van der Waals surface area contributed by atoms with E-state index < -0.39 is 6.10 Å². The van der Waals surface area contributed by atoms with Crippen LogP contribution in [-0.4, -0.2) is 11.7 Å². The SMILES string of the molecule is Nc1ccccc1C(O)COCc1ccc(Cl)cc1. The fourth-order valence-electron chi connectivity index (χ4n) is 1.77. The van der Waals surface area contributed by atoms with Crippen molar-refractivity contribution in [2.45, 2.75) is 12.7 Å². The summed E-state index contributed by atoms with van der Waals surface area (Å²) in [4.78, 5) is 0. The summed E-state index contributed by atoms with van der Waals surface area (Å²) in [5.41, 5.74) is 8.07. The van der Waals surface area contributed by atoms with Gasteiger partial charge in [-0.2, -0.15) is 0 Å². The molecule has 2 aromatic carbocycles. The molecule has 0 aliphatic heterocycles. The number of nitrogen functional groups attached to an aromatic ring is 1. The Kier molecular flexibility index (Phi) is 4.80. The topological polar surface area (TPSA) is 55.5 Å². The van der Waals surface area contributed by atoms with Gasteiger partial charge in [0.25, 0.3) is 0 Å². The van der Waals surface area contributed by atoms with Crippen LogP contribution < -0.4 is 5.73 Å². The minimum Gasteiger partial charge on any atom is -0.398 e. The standard InChI is InChI=1S/C15H16ClNO2/c16-12-7-5-11(6-8-12)9-19-10-15(18)13-3-1-2-4-14(13)17/h1-8,15,18H,9-10,17H2. The van der Waals surface area contributed by atoms with Gasteiger partial charge in [-0.1, -0.05) is 41.9 Å². The van der Waals surface area contributed by atoms with E-state index in [1.165, 1.54) is 0 Å². The van der Waals surface area contributed by atoms with E-state index in [2.05, 4.69) is 0 Å².